The summed E-state index contributed by atoms with van der Waals surface area (Å²) < 4.78 is 22.7. The van der Waals surface area contributed by atoms with Crippen LogP contribution in [-0.2, 0) is 25.8 Å². The minimum Gasteiger partial charge on any atom is -0.475 e. The molecule has 0 aliphatic rings. The molecule has 5 nitrogen and oxygen atoms in total. The van der Waals surface area contributed by atoms with Crippen molar-refractivity contribution in [1.82, 2.24) is 0 Å². The van der Waals surface area contributed by atoms with E-state index in [2.05, 4.69) is 0 Å². The summed E-state index contributed by atoms with van der Waals surface area (Å²) in [5.41, 5.74) is 0.206. The average molecular weight is 242 g/mol. The lowest BCUT2D eigenvalue weighted by Gasteiger charge is -2.05. The number of sulfone groups is 1. The lowest BCUT2D eigenvalue weighted by atomic mass is 10.1. The molecule has 0 unspecified atom stereocenters. The lowest BCUT2D eigenvalue weighted by molar-refractivity contribution is -0.148. The fraction of sp³-hybridized carbons (Fsp3) is 0.200. The quantitative estimate of drug-likeness (QED) is 0.766. The maximum absolute atomic E-state index is 11.3. The molecule has 1 aromatic carbocycles. The highest BCUT2D eigenvalue weighted by Crippen LogP contribution is 2.15. The van der Waals surface area contributed by atoms with E-state index >= 15 is 0 Å². The van der Waals surface area contributed by atoms with Crippen molar-refractivity contribution in [2.75, 3.05) is 6.26 Å². The minimum atomic E-state index is -3.45. The molecule has 0 amide bonds. The molecule has 0 fully saturated rings. The fourth-order valence-corrected chi connectivity index (χ4v) is 2.20. The first kappa shape index (κ1) is 12.4. The van der Waals surface area contributed by atoms with E-state index in [1.165, 1.54) is 18.2 Å². The van der Waals surface area contributed by atoms with Gasteiger partial charge in [0.25, 0.3) is 0 Å². The summed E-state index contributed by atoms with van der Waals surface area (Å²) in [5, 5.41) is 8.44. The van der Waals surface area contributed by atoms with E-state index in [1.807, 2.05) is 0 Å². The largest absolute Gasteiger partial charge is 0.475 e. The van der Waals surface area contributed by atoms with Gasteiger partial charge < -0.3 is 5.11 Å². The summed E-state index contributed by atoms with van der Waals surface area (Å²) in [6.07, 6.45) is 0.593. The van der Waals surface area contributed by atoms with Crippen LogP contribution in [-0.4, -0.2) is 31.5 Å². The van der Waals surface area contributed by atoms with Crippen molar-refractivity contribution in [2.45, 2.75) is 11.3 Å². The van der Waals surface area contributed by atoms with Crippen LogP contribution in [0.3, 0.4) is 0 Å². The third-order valence-electron chi connectivity index (χ3n) is 1.96. The summed E-state index contributed by atoms with van der Waals surface area (Å²) >= 11 is 0. The molecule has 0 heterocycles. The normalized spacial score (nSPS) is 11.1. The van der Waals surface area contributed by atoms with Crippen LogP contribution in [0.4, 0.5) is 0 Å². The molecule has 0 aromatic heterocycles. The van der Waals surface area contributed by atoms with E-state index in [9.17, 15) is 18.0 Å². The summed E-state index contributed by atoms with van der Waals surface area (Å²) in [5.74, 6) is -2.60. The number of aliphatic carboxylic acids is 1. The van der Waals surface area contributed by atoms with Crippen LogP contribution in [0.25, 0.3) is 0 Å². The fourth-order valence-electron chi connectivity index (χ4n) is 1.26. The highest BCUT2D eigenvalue weighted by Gasteiger charge is 2.18. The van der Waals surface area contributed by atoms with Crippen LogP contribution in [0, 0.1) is 0 Å². The van der Waals surface area contributed by atoms with E-state index in [1.54, 1.807) is 6.07 Å². The van der Waals surface area contributed by atoms with Gasteiger partial charge in [-0.1, -0.05) is 18.2 Å². The summed E-state index contributed by atoms with van der Waals surface area (Å²) in [4.78, 5) is 21.4. The Bertz CT molecular complexity index is 530. The smallest absolute Gasteiger partial charge is 0.372 e. The van der Waals surface area contributed by atoms with Gasteiger partial charge in [-0.2, -0.15) is 0 Å². The molecule has 6 heteroatoms. The van der Waals surface area contributed by atoms with Crippen LogP contribution in [0.5, 0.6) is 0 Å². The number of rotatable bonds is 4. The Morgan fingerprint density at radius 2 is 1.81 bits per heavy atom. The topological polar surface area (TPSA) is 88.5 Å². The lowest BCUT2D eigenvalue weighted by Crippen LogP contribution is -2.16. The van der Waals surface area contributed by atoms with E-state index in [4.69, 9.17) is 5.11 Å². The molecule has 0 aliphatic carbocycles. The third kappa shape index (κ3) is 2.90. The molecule has 0 spiro atoms. The number of Topliss-reactive ketones (excluding diaryl/α,β-unsaturated/α-hetero) is 1. The van der Waals surface area contributed by atoms with Gasteiger partial charge in [0, 0.05) is 12.7 Å². The Balaban J connectivity index is 3.16. The standard InChI is InChI=1S/C10H10O5S/c1-16(14,15)9-5-3-2-4-7(9)6-8(11)10(12)13/h2-5H,6H2,1H3,(H,12,13). The molecule has 16 heavy (non-hydrogen) atoms. The second-order valence-corrected chi connectivity index (χ2v) is 5.27. The van der Waals surface area contributed by atoms with Crippen LogP contribution >= 0.6 is 0 Å². The number of ketones is 1. The van der Waals surface area contributed by atoms with Crippen LogP contribution in [0.15, 0.2) is 29.2 Å². The molecule has 1 aromatic rings. The minimum absolute atomic E-state index is 0.00963. The Morgan fingerprint density at radius 1 is 1.25 bits per heavy atom. The number of hydrogen-bond acceptors (Lipinski definition) is 4. The molecular formula is C10H10O5S. The Morgan fingerprint density at radius 3 is 2.31 bits per heavy atom. The highest BCUT2D eigenvalue weighted by atomic mass is 32.2. The third-order valence-corrected chi connectivity index (χ3v) is 3.16. The van der Waals surface area contributed by atoms with Crippen LogP contribution in [0.1, 0.15) is 5.56 Å². The van der Waals surface area contributed by atoms with Gasteiger partial charge in [0.15, 0.2) is 9.84 Å². The molecule has 0 saturated heterocycles. The van der Waals surface area contributed by atoms with Crippen molar-refractivity contribution < 1.29 is 23.1 Å². The SMILES string of the molecule is CS(=O)(=O)c1ccccc1CC(=O)C(=O)O. The number of carbonyl (C=O) groups is 2. The van der Waals surface area contributed by atoms with Gasteiger partial charge in [0.2, 0.25) is 5.78 Å². The van der Waals surface area contributed by atoms with Gasteiger partial charge in [-0.05, 0) is 11.6 Å². The molecule has 1 N–H and O–H groups in total. The molecule has 0 atom stereocenters. The molecule has 1 rings (SSSR count). The monoisotopic (exact) mass is 242 g/mol. The molecule has 0 aliphatic heterocycles. The zero-order chi connectivity index (χ0) is 12.3. The predicted molar refractivity (Wildman–Crippen MR) is 55.9 cm³/mol. The van der Waals surface area contributed by atoms with Crippen molar-refractivity contribution in [3.8, 4) is 0 Å². The molecule has 0 saturated carbocycles. The summed E-state index contributed by atoms with van der Waals surface area (Å²) in [6, 6.07) is 5.85. The van der Waals surface area contributed by atoms with E-state index < -0.39 is 28.0 Å². The first-order valence-electron chi connectivity index (χ1n) is 4.36. The number of carboxylic acids is 1. The molecular weight excluding hydrogens is 232 g/mol. The van der Waals surface area contributed by atoms with Crippen molar-refractivity contribution in [1.29, 1.82) is 0 Å². The summed E-state index contributed by atoms with van der Waals surface area (Å²) in [7, 11) is -3.45. The van der Waals surface area contributed by atoms with Gasteiger partial charge in [-0.25, -0.2) is 13.2 Å². The van der Waals surface area contributed by atoms with E-state index in [-0.39, 0.29) is 10.5 Å². The zero-order valence-electron chi connectivity index (χ0n) is 8.50. The first-order chi connectivity index (χ1) is 7.32. The van der Waals surface area contributed by atoms with Crippen molar-refractivity contribution in [3.63, 3.8) is 0 Å². The van der Waals surface area contributed by atoms with Crippen molar-refractivity contribution in [3.05, 3.63) is 29.8 Å². The van der Waals surface area contributed by atoms with Crippen LogP contribution in [0.2, 0.25) is 0 Å². The Hall–Kier alpha value is -1.69. The summed E-state index contributed by atoms with van der Waals surface area (Å²) in [6.45, 7) is 0. The maximum atomic E-state index is 11.3. The van der Waals surface area contributed by atoms with Crippen molar-refractivity contribution >= 4 is 21.6 Å². The molecule has 86 valence electrons. The highest BCUT2D eigenvalue weighted by molar-refractivity contribution is 7.90. The van der Waals surface area contributed by atoms with E-state index in [0.717, 1.165) is 6.26 Å². The van der Waals surface area contributed by atoms with Gasteiger partial charge in [0.05, 0.1) is 4.90 Å². The van der Waals surface area contributed by atoms with Gasteiger partial charge in [0.1, 0.15) is 0 Å². The zero-order valence-corrected chi connectivity index (χ0v) is 9.32. The predicted octanol–water partition coefficient (Wildman–Crippen LogP) is 0.286. The second-order valence-electron chi connectivity index (χ2n) is 3.28. The number of hydrogen-bond donors (Lipinski definition) is 1. The van der Waals surface area contributed by atoms with E-state index in [0.29, 0.717) is 0 Å². The van der Waals surface area contributed by atoms with Gasteiger partial charge in [-0.3, -0.25) is 4.79 Å². The molecule has 0 bridgehead atoms. The maximum Gasteiger partial charge on any atom is 0.372 e. The van der Waals surface area contributed by atoms with Gasteiger partial charge in [-0.15, -0.1) is 0 Å². The number of carbonyl (C=O) groups excluding carboxylic acids is 1. The van der Waals surface area contributed by atoms with Gasteiger partial charge >= 0.3 is 5.97 Å². The van der Waals surface area contributed by atoms with Crippen molar-refractivity contribution in [2.24, 2.45) is 0 Å². The van der Waals surface area contributed by atoms with Crippen LogP contribution < -0.4 is 0 Å². The second kappa shape index (κ2) is 4.44. The Labute approximate surface area is 92.6 Å². The number of benzene rings is 1. The average Bonchev–Trinajstić information content (AvgIpc) is 2.16. The first-order valence-corrected chi connectivity index (χ1v) is 6.25. The Kier molecular flexibility index (Phi) is 3.44. The molecule has 0 radical (unpaired) electrons. The number of carboxylic acid groups (broad SMARTS) is 1.